The van der Waals surface area contributed by atoms with Gasteiger partial charge in [-0.3, -0.25) is 0 Å². The summed E-state index contributed by atoms with van der Waals surface area (Å²) in [5.74, 6) is -1.55. The lowest BCUT2D eigenvalue weighted by atomic mass is 10.2. The van der Waals surface area contributed by atoms with Crippen molar-refractivity contribution in [2.45, 2.75) is 6.67 Å². The molecular weight excluding hydrogens is 370 g/mol. The zero-order chi connectivity index (χ0) is 18.4. The van der Waals surface area contributed by atoms with Crippen LogP contribution in [0.4, 0.5) is 8.78 Å². The fourth-order valence-electron chi connectivity index (χ4n) is 3.04. The van der Waals surface area contributed by atoms with E-state index in [9.17, 15) is 8.78 Å². The lowest BCUT2D eigenvalue weighted by Gasteiger charge is -2.15. The van der Waals surface area contributed by atoms with Crippen LogP contribution in [-0.4, -0.2) is 30.9 Å². The second-order valence-corrected chi connectivity index (χ2v) is 7.02. The van der Waals surface area contributed by atoms with Gasteiger partial charge in [0.2, 0.25) is 12.9 Å². The van der Waals surface area contributed by atoms with E-state index in [1.54, 1.807) is 17.1 Å². The largest absolute Gasteiger partial charge is 0.333 e. The summed E-state index contributed by atoms with van der Waals surface area (Å²) in [4.78, 5) is 9.48. The molecule has 9 heteroatoms. The third kappa shape index (κ3) is 2.85. The fourth-order valence-corrected chi connectivity index (χ4v) is 3.68. The van der Waals surface area contributed by atoms with E-state index in [0.29, 0.717) is 17.7 Å². The number of nitrogens with one attached hydrogen (secondary N) is 1. The number of nitrogens with zero attached hydrogens (tertiary/aromatic N) is 5. The van der Waals surface area contributed by atoms with Crippen molar-refractivity contribution in [3.8, 4) is 11.4 Å². The van der Waals surface area contributed by atoms with E-state index in [4.69, 9.17) is 0 Å². The summed E-state index contributed by atoms with van der Waals surface area (Å²) in [6.45, 7) is 1.31. The molecule has 0 spiro atoms. The molecule has 134 valence electrons. The van der Waals surface area contributed by atoms with Gasteiger partial charge < -0.3 is 9.88 Å². The van der Waals surface area contributed by atoms with Gasteiger partial charge in [-0.1, -0.05) is 10.7 Å². The maximum absolute atomic E-state index is 14.0. The Morgan fingerprint density at radius 1 is 1.26 bits per heavy atom. The van der Waals surface area contributed by atoms with Gasteiger partial charge in [-0.2, -0.15) is 4.37 Å². The second kappa shape index (κ2) is 6.20. The van der Waals surface area contributed by atoms with Crippen LogP contribution in [-0.2, 0) is 6.67 Å². The Morgan fingerprint density at radius 3 is 3.11 bits per heavy atom. The lowest BCUT2D eigenvalue weighted by Crippen LogP contribution is -2.46. The Balaban J connectivity index is 1.47. The van der Waals surface area contributed by atoms with E-state index >= 15 is 0 Å². The van der Waals surface area contributed by atoms with Crippen LogP contribution in [0, 0.1) is 11.6 Å². The molecule has 0 atom stereocenters. The minimum Gasteiger partial charge on any atom is -0.333 e. The van der Waals surface area contributed by atoms with Crippen molar-refractivity contribution in [3.63, 3.8) is 0 Å². The number of rotatable bonds is 3. The molecule has 4 heterocycles. The van der Waals surface area contributed by atoms with E-state index in [2.05, 4.69) is 36.6 Å². The van der Waals surface area contributed by atoms with E-state index in [1.807, 2.05) is 6.20 Å². The van der Waals surface area contributed by atoms with Gasteiger partial charge in [-0.15, -0.1) is 0 Å². The lowest BCUT2D eigenvalue weighted by molar-refractivity contribution is -0.766. The highest BCUT2D eigenvalue weighted by Crippen LogP contribution is 2.23. The molecule has 0 unspecified atom stereocenters. The summed E-state index contributed by atoms with van der Waals surface area (Å²) in [6, 6.07) is 4.02. The van der Waals surface area contributed by atoms with Crippen LogP contribution in [0.2, 0.25) is 0 Å². The van der Waals surface area contributed by atoms with Gasteiger partial charge in [0.05, 0.1) is 10.1 Å². The third-order valence-electron chi connectivity index (χ3n) is 4.36. The number of imidazole rings is 1. The fraction of sp³-hybridized carbons (Fsp3) is 0.111. The molecule has 1 aliphatic rings. The normalized spacial score (nSPS) is 13.3. The van der Waals surface area contributed by atoms with Crippen LogP contribution in [0.25, 0.3) is 34.7 Å². The highest BCUT2D eigenvalue weighted by molar-refractivity contribution is 7.03. The predicted molar refractivity (Wildman–Crippen MR) is 96.4 cm³/mol. The second-order valence-electron chi connectivity index (χ2n) is 6.19. The Hall–Kier alpha value is -3.20. The first-order valence-electron chi connectivity index (χ1n) is 8.24. The quantitative estimate of drug-likeness (QED) is 0.539. The van der Waals surface area contributed by atoms with Crippen LogP contribution in [0.1, 0.15) is 0 Å². The van der Waals surface area contributed by atoms with Gasteiger partial charge >= 0.3 is 0 Å². The summed E-state index contributed by atoms with van der Waals surface area (Å²) in [7, 11) is 0. The van der Waals surface area contributed by atoms with Crippen molar-refractivity contribution in [1.82, 2.24) is 24.3 Å². The highest BCUT2D eigenvalue weighted by atomic mass is 32.1. The molecule has 1 N–H and O–H groups in total. The van der Waals surface area contributed by atoms with Crippen molar-refractivity contribution in [2.24, 2.45) is 0 Å². The van der Waals surface area contributed by atoms with Crippen LogP contribution >= 0.6 is 11.5 Å². The molecule has 0 aliphatic carbocycles. The zero-order valence-electron chi connectivity index (χ0n) is 13.9. The van der Waals surface area contributed by atoms with E-state index in [0.717, 1.165) is 17.8 Å². The number of fused-ring (bicyclic) bond motifs is 2. The number of H-pyrrole nitrogens is 1. The first kappa shape index (κ1) is 16.0. The van der Waals surface area contributed by atoms with Crippen molar-refractivity contribution >= 4 is 34.8 Å². The summed E-state index contributed by atoms with van der Waals surface area (Å²) < 4.78 is 34.6. The molecule has 6 nitrogen and oxygen atoms in total. The highest BCUT2D eigenvalue weighted by Gasteiger charge is 2.17. The minimum absolute atomic E-state index is 0.0919. The first-order chi connectivity index (χ1) is 13.2. The van der Waals surface area contributed by atoms with Gasteiger partial charge in [0.25, 0.3) is 0 Å². The Labute approximate surface area is 155 Å². The van der Waals surface area contributed by atoms with Gasteiger partial charge in [-0.05, 0) is 34.8 Å². The summed E-state index contributed by atoms with van der Waals surface area (Å²) in [5, 5.41) is 5.47. The summed E-state index contributed by atoms with van der Waals surface area (Å²) in [6.07, 6.45) is 9.44. The average molecular weight is 383 g/mol. The van der Waals surface area contributed by atoms with Crippen LogP contribution < -0.4 is 14.4 Å². The molecular formula is C18H13F2N6S+. The number of hydrogen-bond acceptors (Lipinski definition) is 5. The SMILES string of the molecule is Fc1cccc(-c2nc3cn[n+](CN4C=c5cnsc5=CC4)cc3[nH]2)c1F. The molecule has 0 bridgehead atoms. The molecule has 3 aromatic heterocycles. The molecule has 0 saturated heterocycles. The number of aromatic amines is 1. The molecule has 4 aromatic rings. The standard InChI is InChI=1S/C18H12F2N6S/c19-13-3-1-2-12(17(13)20)18-23-14-7-21-26(9-15(14)24-18)10-25-5-4-16-11(8-25)6-22-27-16/h1-4,6-9H,5,10H2/p+1. The van der Waals surface area contributed by atoms with Crippen molar-refractivity contribution in [2.75, 3.05) is 6.54 Å². The van der Waals surface area contributed by atoms with Gasteiger partial charge in [-0.25, -0.2) is 13.8 Å². The van der Waals surface area contributed by atoms with E-state index in [1.165, 1.54) is 28.2 Å². The van der Waals surface area contributed by atoms with Crippen LogP contribution in [0.3, 0.4) is 0 Å². The molecule has 0 radical (unpaired) electrons. The van der Waals surface area contributed by atoms with Crippen molar-refractivity contribution in [3.05, 3.63) is 58.2 Å². The van der Waals surface area contributed by atoms with Gasteiger partial charge in [0.1, 0.15) is 23.1 Å². The Bertz CT molecular complexity index is 1280. The molecule has 0 fully saturated rings. The van der Waals surface area contributed by atoms with Gasteiger partial charge in [0, 0.05) is 24.2 Å². The molecule has 0 saturated carbocycles. The number of benzene rings is 1. The number of hydrogen-bond donors (Lipinski definition) is 1. The van der Waals surface area contributed by atoms with E-state index < -0.39 is 11.6 Å². The maximum Gasteiger partial charge on any atom is 0.250 e. The topological polar surface area (TPSA) is 61.6 Å². The van der Waals surface area contributed by atoms with Crippen LogP contribution in [0.15, 0.2) is 36.8 Å². The van der Waals surface area contributed by atoms with Crippen molar-refractivity contribution in [1.29, 1.82) is 0 Å². The monoisotopic (exact) mass is 383 g/mol. The predicted octanol–water partition coefficient (Wildman–Crippen LogP) is 1.14. The third-order valence-corrected chi connectivity index (χ3v) is 5.17. The van der Waals surface area contributed by atoms with Crippen LogP contribution in [0.5, 0.6) is 0 Å². The average Bonchev–Trinajstić information content (AvgIpc) is 3.29. The molecule has 0 amide bonds. The molecule has 27 heavy (non-hydrogen) atoms. The first-order valence-corrected chi connectivity index (χ1v) is 9.01. The number of halogens is 2. The zero-order valence-corrected chi connectivity index (χ0v) is 14.7. The van der Waals surface area contributed by atoms with Crippen molar-refractivity contribution < 1.29 is 13.5 Å². The Kier molecular flexibility index (Phi) is 3.68. The van der Waals surface area contributed by atoms with E-state index in [-0.39, 0.29) is 11.4 Å². The maximum atomic E-state index is 14.0. The number of aromatic nitrogens is 5. The Morgan fingerprint density at radius 2 is 2.19 bits per heavy atom. The molecule has 1 aliphatic heterocycles. The summed E-state index contributed by atoms with van der Waals surface area (Å²) in [5.41, 5.74) is 1.38. The smallest absolute Gasteiger partial charge is 0.250 e. The van der Waals surface area contributed by atoms with Gasteiger partial charge in [0.15, 0.2) is 11.6 Å². The molecule has 5 rings (SSSR count). The summed E-state index contributed by atoms with van der Waals surface area (Å²) >= 11 is 1.48. The minimum atomic E-state index is -0.920. The molecule has 1 aromatic carbocycles.